The van der Waals surface area contributed by atoms with Crippen molar-refractivity contribution in [2.45, 2.75) is 25.8 Å². The first-order valence-corrected chi connectivity index (χ1v) is 13.2. The van der Waals surface area contributed by atoms with E-state index in [0.717, 1.165) is 0 Å². The van der Waals surface area contributed by atoms with Gasteiger partial charge in [0.15, 0.2) is 0 Å². The van der Waals surface area contributed by atoms with E-state index >= 15 is 0 Å². The number of nitrogens with zero attached hydrogens (tertiary/aromatic N) is 4. The molecule has 0 spiro atoms. The van der Waals surface area contributed by atoms with Gasteiger partial charge in [-0.15, -0.1) is 6.54 Å². The zero-order valence-corrected chi connectivity index (χ0v) is 25.3. The number of benzene rings is 1. The molecule has 1 heterocycles. The molecule has 4 N–H and O–H groups in total. The fraction of sp³-hybridized carbons (Fsp3) is 0.593. The molecule has 40 heavy (non-hydrogen) atoms. The van der Waals surface area contributed by atoms with Crippen molar-refractivity contribution in [2.24, 2.45) is 0 Å². The second-order valence-corrected chi connectivity index (χ2v) is 9.40. The number of carbonyl (C=O) groups is 2. The molecule has 1 unspecified atom stereocenters. The van der Waals surface area contributed by atoms with Gasteiger partial charge < -0.3 is 30.1 Å². The number of ether oxygens (including phenoxy) is 1. The minimum Gasteiger partial charge on any atom is -0.414 e. The number of carbonyl (C=O) groups excluding carboxylic acids is 2. The minimum atomic E-state index is -0.456. The summed E-state index contributed by atoms with van der Waals surface area (Å²) in [5.41, 5.74) is 0.566. The van der Waals surface area contributed by atoms with Crippen LogP contribution in [0.25, 0.3) is 0 Å². The van der Waals surface area contributed by atoms with E-state index < -0.39 is 5.97 Å². The van der Waals surface area contributed by atoms with E-state index in [9.17, 15) is 19.8 Å². The smallest absolute Gasteiger partial charge is 0.319 e. The summed E-state index contributed by atoms with van der Waals surface area (Å²) in [6, 6.07) is 8.70. The molecule has 1 saturated heterocycles. The van der Waals surface area contributed by atoms with Crippen molar-refractivity contribution in [1.29, 1.82) is 0 Å². The van der Waals surface area contributed by atoms with Gasteiger partial charge in [0.1, 0.15) is 6.11 Å². The van der Waals surface area contributed by atoms with Crippen LogP contribution >= 0.6 is 0 Å². The second kappa shape index (κ2) is 22.3. The second-order valence-electron chi connectivity index (χ2n) is 9.40. The number of nitrogens with one attached hydrogen (secondary N) is 1. The quantitative estimate of drug-likeness (QED) is 0.0806. The number of rotatable bonds is 11. The fourth-order valence-electron chi connectivity index (χ4n) is 3.93. The van der Waals surface area contributed by atoms with Crippen LogP contribution in [0.5, 0.6) is 0 Å². The SMILES string of the molecule is CC(CCC(=O)OC#CCN1CCN(CO)CCN(CO)CCN(C[CH-]OO)CC1)NC(=O)c1ccccc1.[Gd]. The Balaban J connectivity index is 0.00000800. The molecule has 1 fully saturated rings. The monoisotopic (exact) mass is 706 g/mol. The van der Waals surface area contributed by atoms with Crippen LogP contribution in [0.4, 0.5) is 0 Å². The maximum Gasteiger partial charge on any atom is 0.319 e. The molecule has 1 aromatic rings. The average molecular weight is 706 g/mol. The maximum atomic E-state index is 12.2. The molecule has 1 aromatic carbocycles. The third kappa shape index (κ3) is 15.7. The first kappa shape index (κ1) is 36.8. The number of aliphatic hydroxyl groups is 2. The third-order valence-electron chi connectivity index (χ3n) is 6.47. The summed E-state index contributed by atoms with van der Waals surface area (Å²) in [5, 5.41) is 30.9. The van der Waals surface area contributed by atoms with E-state index in [-0.39, 0.29) is 71.8 Å². The van der Waals surface area contributed by atoms with E-state index in [0.29, 0.717) is 77.4 Å². The predicted octanol–water partition coefficient (Wildman–Crippen LogP) is -0.138. The average Bonchev–Trinajstić information content (AvgIpc) is 2.95. The van der Waals surface area contributed by atoms with Crippen molar-refractivity contribution in [1.82, 2.24) is 24.9 Å². The van der Waals surface area contributed by atoms with Crippen molar-refractivity contribution in [3.8, 4) is 12.0 Å². The van der Waals surface area contributed by atoms with Crippen molar-refractivity contribution >= 4 is 11.9 Å². The Labute approximate surface area is 269 Å². The number of hydrogen-bond acceptors (Lipinski definition) is 11. The van der Waals surface area contributed by atoms with Gasteiger partial charge >= 0.3 is 5.97 Å². The molecular formula is C27H42GdN5O7-. The zero-order chi connectivity index (χ0) is 28.3. The van der Waals surface area contributed by atoms with E-state index in [2.05, 4.69) is 32.0 Å². The molecule has 0 bridgehead atoms. The van der Waals surface area contributed by atoms with Gasteiger partial charge in [0, 0.05) is 110 Å². The van der Waals surface area contributed by atoms with Gasteiger partial charge in [-0.2, -0.15) is 6.61 Å². The standard InChI is InChI=1S/C27H42N5O7.Gd/c1-24(28-27(36)25-6-3-2-4-7-25)8-9-26(35)38-20-5-10-29-11-12-30(19-21-39-37)14-16-32(23-34)18-17-31(22-33)15-13-29;/h2-4,6-7,21,24,33-34,37H,8-19,22-23H2,1H3,(H,28,36);/q-1;. The third-order valence-corrected chi connectivity index (χ3v) is 6.47. The van der Waals surface area contributed by atoms with Gasteiger partial charge in [-0.3, -0.25) is 29.5 Å². The summed E-state index contributed by atoms with van der Waals surface area (Å²) in [6.45, 7) is 8.80. The van der Waals surface area contributed by atoms with Gasteiger partial charge in [-0.05, 0) is 31.4 Å². The molecule has 1 amide bonds. The van der Waals surface area contributed by atoms with Gasteiger partial charge in [0.05, 0.1) is 20.0 Å². The minimum absolute atomic E-state index is 0. The van der Waals surface area contributed by atoms with Gasteiger partial charge in [0.2, 0.25) is 0 Å². The van der Waals surface area contributed by atoms with E-state index in [4.69, 9.17) is 9.99 Å². The Morgan fingerprint density at radius 1 is 0.950 bits per heavy atom. The zero-order valence-electron chi connectivity index (χ0n) is 23.1. The summed E-state index contributed by atoms with van der Waals surface area (Å²) in [6.07, 6.45) is 3.05. The Morgan fingerprint density at radius 2 is 1.50 bits per heavy atom. The van der Waals surface area contributed by atoms with Crippen LogP contribution in [-0.4, -0.2) is 132 Å². The van der Waals surface area contributed by atoms with Gasteiger partial charge in [-0.25, -0.2) is 0 Å². The predicted molar refractivity (Wildman–Crippen MR) is 145 cm³/mol. The van der Waals surface area contributed by atoms with Gasteiger partial charge in [0.25, 0.3) is 5.91 Å². The Morgan fingerprint density at radius 3 is 2.05 bits per heavy atom. The Kier molecular flexibility index (Phi) is 20.5. The largest absolute Gasteiger partial charge is 0.414 e. The maximum absolute atomic E-state index is 12.2. The number of hydrogen-bond donors (Lipinski definition) is 4. The number of esters is 1. The molecule has 0 radical (unpaired) electrons. The van der Waals surface area contributed by atoms with Crippen molar-refractivity contribution in [2.75, 3.05) is 78.9 Å². The molecule has 1 aliphatic heterocycles. The Bertz CT molecular complexity index is 902. The first-order valence-electron chi connectivity index (χ1n) is 13.2. The summed E-state index contributed by atoms with van der Waals surface area (Å²) >= 11 is 0. The molecule has 1 aliphatic rings. The summed E-state index contributed by atoms with van der Waals surface area (Å²) in [4.78, 5) is 36.5. The summed E-state index contributed by atoms with van der Waals surface area (Å²) < 4.78 is 5.07. The molecule has 0 saturated carbocycles. The number of aliphatic hydroxyl groups excluding tert-OH is 2. The molecule has 1 atom stereocenters. The first-order chi connectivity index (χ1) is 18.9. The fourth-order valence-corrected chi connectivity index (χ4v) is 3.93. The van der Waals surface area contributed by atoms with Crippen molar-refractivity contribution in [3.63, 3.8) is 0 Å². The van der Waals surface area contributed by atoms with Gasteiger partial charge in [-0.1, -0.05) is 18.2 Å². The van der Waals surface area contributed by atoms with E-state index in [1.165, 1.54) is 6.61 Å². The molecule has 13 heteroatoms. The summed E-state index contributed by atoms with van der Waals surface area (Å²) in [5.74, 6) is 2.25. The number of amides is 1. The molecule has 0 aliphatic carbocycles. The van der Waals surface area contributed by atoms with E-state index in [1.54, 1.807) is 24.3 Å². The normalized spacial score (nSPS) is 17.3. The van der Waals surface area contributed by atoms with E-state index in [1.807, 2.05) is 22.8 Å². The van der Waals surface area contributed by atoms with Crippen LogP contribution in [0.2, 0.25) is 0 Å². The van der Waals surface area contributed by atoms with Crippen LogP contribution < -0.4 is 5.32 Å². The molecule has 12 nitrogen and oxygen atoms in total. The Hall–Kier alpha value is -1.28. The van der Waals surface area contributed by atoms with Crippen LogP contribution in [0.1, 0.15) is 30.1 Å². The van der Waals surface area contributed by atoms with Crippen molar-refractivity contribution < 1.29 is 74.6 Å². The molecule has 0 aromatic heterocycles. The van der Waals surface area contributed by atoms with Crippen LogP contribution in [-0.2, 0) is 14.4 Å². The van der Waals surface area contributed by atoms with Crippen LogP contribution in [0.3, 0.4) is 0 Å². The molecule has 226 valence electrons. The summed E-state index contributed by atoms with van der Waals surface area (Å²) in [7, 11) is 0. The topological polar surface area (TPSA) is 138 Å². The molecule has 2 rings (SSSR count). The van der Waals surface area contributed by atoms with Crippen LogP contribution in [0.15, 0.2) is 30.3 Å². The van der Waals surface area contributed by atoms with Crippen LogP contribution in [0, 0.1) is 58.6 Å². The molecular weight excluding hydrogens is 664 g/mol. The van der Waals surface area contributed by atoms with Crippen molar-refractivity contribution in [3.05, 3.63) is 42.5 Å².